The van der Waals surface area contributed by atoms with Crippen LogP contribution in [0.3, 0.4) is 0 Å². The van der Waals surface area contributed by atoms with E-state index in [4.69, 9.17) is 28.9 Å². The molecule has 1 amide bonds. The van der Waals surface area contributed by atoms with Crippen LogP contribution in [0.4, 0.5) is 0 Å². The SMILES string of the molecule is CN(C(=O)Cc1ccc(Cl)c(Cl)c1)[C@H](CN1CCCC1)C1C=CC=C(N)C1. The van der Waals surface area contributed by atoms with Crippen molar-refractivity contribution in [3.05, 3.63) is 57.7 Å². The molecule has 1 unspecified atom stereocenters. The van der Waals surface area contributed by atoms with Crippen molar-refractivity contribution in [2.75, 3.05) is 26.7 Å². The molecule has 1 aliphatic heterocycles. The standard InChI is InChI=1S/C21H27Cl2N3O/c1-25(21(27)12-15-7-8-18(22)19(23)11-15)20(14-26-9-2-3-10-26)16-5-4-6-17(24)13-16/h4-8,11,16,20H,2-3,9-10,12-14,24H2,1H3/t16?,20-/m1/s1. The number of nitrogens with zero attached hydrogens (tertiary/aromatic N) is 2. The maximum Gasteiger partial charge on any atom is 0.227 e. The topological polar surface area (TPSA) is 49.6 Å². The van der Waals surface area contributed by atoms with E-state index in [1.54, 1.807) is 12.1 Å². The number of hydrogen-bond acceptors (Lipinski definition) is 3. The van der Waals surface area contributed by atoms with Crippen molar-refractivity contribution in [1.82, 2.24) is 9.80 Å². The summed E-state index contributed by atoms with van der Waals surface area (Å²) in [5.41, 5.74) is 7.82. The normalized spacial score (nSPS) is 21.1. The summed E-state index contributed by atoms with van der Waals surface area (Å²) in [6.45, 7) is 3.09. The summed E-state index contributed by atoms with van der Waals surface area (Å²) in [6, 6.07) is 5.47. The van der Waals surface area contributed by atoms with Gasteiger partial charge in [0.15, 0.2) is 0 Å². The smallest absolute Gasteiger partial charge is 0.227 e. The molecule has 1 saturated heterocycles. The van der Waals surface area contributed by atoms with Gasteiger partial charge >= 0.3 is 0 Å². The fourth-order valence-electron chi connectivity index (χ4n) is 3.90. The van der Waals surface area contributed by atoms with Gasteiger partial charge in [-0.3, -0.25) is 4.79 Å². The van der Waals surface area contributed by atoms with Crippen molar-refractivity contribution in [1.29, 1.82) is 0 Å². The summed E-state index contributed by atoms with van der Waals surface area (Å²) < 4.78 is 0. The number of halogens is 2. The van der Waals surface area contributed by atoms with Gasteiger partial charge in [0.25, 0.3) is 0 Å². The lowest BCUT2D eigenvalue weighted by molar-refractivity contribution is -0.132. The van der Waals surface area contributed by atoms with E-state index in [2.05, 4.69) is 11.0 Å². The van der Waals surface area contributed by atoms with E-state index in [0.29, 0.717) is 16.5 Å². The molecule has 0 radical (unpaired) electrons. The molecule has 0 bridgehead atoms. The molecule has 1 aliphatic carbocycles. The molecular weight excluding hydrogens is 381 g/mol. The summed E-state index contributed by atoms with van der Waals surface area (Å²) in [5.74, 6) is 0.317. The molecule has 1 aromatic carbocycles. The van der Waals surface area contributed by atoms with Gasteiger partial charge in [-0.2, -0.15) is 0 Å². The van der Waals surface area contributed by atoms with Gasteiger partial charge in [0.1, 0.15) is 0 Å². The number of rotatable bonds is 6. The summed E-state index contributed by atoms with van der Waals surface area (Å²) in [7, 11) is 1.91. The van der Waals surface area contributed by atoms with E-state index in [9.17, 15) is 4.79 Å². The number of allylic oxidation sites excluding steroid dienone is 3. The molecule has 4 nitrogen and oxygen atoms in total. The van der Waals surface area contributed by atoms with Crippen LogP contribution in [0.25, 0.3) is 0 Å². The molecule has 1 fully saturated rings. The quantitative estimate of drug-likeness (QED) is 0.777. The Balaban J connectivity index is 1.73. The Hall–Kier alpha value is -1.49. The third kappa shape index (κ3) is 5.28. The van der Waals surface area contributed by atoms with E-state index in [-0.39, 0.29) is 17.9 Å². The number of likely N-dealkylation sites (N-methyl/N-ethyl adjacent to an activating group) is 1. The minimum atomic E-state index is 0.0825. The molecule has 2 atom stereocenters. The minimum absolute atomic E-state index is 0.0825. The molecule has 6 heteroatoms. The first-order valence-corrected chi connectivity index (χ1v) is 10.2. The van der Waals surface area contributed by atoms with Crippen LogP contribution in [-0.2, 0) is 11.2 Å². The average molecular weight is 408 g/mol. The number of carbonyl (C=O) groups excluding carboxylic acids is 1. The first-order chi connectivity index (χ1) is 12.9. The molecule has 0 saturated carbocycles. The number of carbonyl (C=O) groups is 1. The molecule has 1 aromatic rings. The van der Waals surface area contributed by atoms with Crippen molar-refractivity contribution < 1.29 is 4.79 Å². The Kier molecular flexibility index (Phi) is 6.85. The minimum Gasteiger partial charge on any atom is -0.402 e. The summed E-state index contributed by atoms with van der Waals surface area (Å²) in [5, 5.41) is 0.981. The third-order valence-electron chi connectivity index (χ3n) is 5.51. The highest BCUT2D eigenvalue weighted by molar-refractivity contribution is 6.42. The van der Waals surface area contributed by atoms with Crippen LogP contribution >= 0.6 is 23.2 Å². The monoisotopic (exact) mass is 407 g/mol. The van der Waals surface area contributed by atoms with Gasteiger partial charge in [-0.1, -0.05) is 41.4 Å². The predicted molar refractivity (Wildman–Crippen MR) is 112 cm³/mol. The van der Waals surface area contributed by atoms with Gasteiger partial charge < -0.3 is 15.5 Å². The zero-order chi connectivity index (χ0) is 19.4. The Bertz CT molecular complexity index is 741. The van der Waals surface area contributed by atoms with Crippen LogP contribution < -0.4 is 5.73 Å². The average Bonchev–Trinajstić information content (AvgIpc) is 3.15. The van der Waals surface area contributed by atoms with Crippen LogP contribution in [0, 0.1) is 5.92 Å². The van der Waals surface area contributed by atoms with Crippen molar-refractivity contribution in [3.8, 4) is 0 Å². The zero-order valence-corrected chi connectivity index (χ0v) is 17.2. The second-order valence-corrected chi connectivity index (χ2v) is 8.31. The number of nitrogens with two attached hydrogens (primary N) is 1. The highest BCUT2D eigenvalue weighted by Gasteiger charge is 2.30. The fourth-order valence-corrected chi connectivity index (χ4v) is 4.22. The summed E-state index contributed by atoms with van der Waals surface area (Å²) >= 11 is 12.1. The number of likely N-dealkylation sites (tertiary alicyclic amines) is 1. The molecule has 2 aliphatic rings. The highest BCUT2D eigenvalue weighted by Crippen LogP contribution is 2.26. The lowest BCUT2D eigenvalue weighted by atomic mass is 9.89. The Morgan fingerprint density at radius 2 is 2.04 bits per heavy atom. The molecule has 0 spiro atoms. The van der Waals surface area contributed by atoms with Crippen LogP contribution in [0.2, 0.25) is 10.0 Å². The van der Waals surface area contributed by atoms with E-state index >= 15 is 0 Å². The van der Waals surface area contributed by atoms with Crippen molar-refractivity contribution >= 4 is 29.1 Å². The lowest BCUT2D eigenvalue weighted by Crippen LogP contribution is -2.49. The first kappa shape index (κ1) is 20.2. The maximum absolute atomic E-state index is 13.0. The Labute approximate surface area is 171 Å². The van der Waals surface area contributed by atoms with Gasteiger partial charge in [-0.05, 0) is 56.1 Å². The number of amides is 1. The van der Waals surface area contributed by atoms with Crippen molar-refractivity contribution in [2.24, 2.45) is 11.7 Å². The molecule has 2 N–H and O–H groups in total. The van der Waals surface area contributed by atoms with Gasteiger partial charge in [-0.25, -0.2) is 0 Å². The maximum atomic E-state index is 13.0. The Morgan fingerprint density at radius 3 is 2.70 bits per heavy atom. The number of benzene rings is 1. The second kappa shape index (κ2) is 9.13. The molecule has 146 valence electrons. The molecule has 1 heterocycles. The van der Waals surface area contributed by atoms with E-state index in [1.807, 2.05) is 30.2 Å². The van der Waals surface area contributed by atoms with Crippen molar-refractivity contribution in [2.45, 2.75) is 31.7 Å². The number of hydrogen-bond donors (Lipinski definition) is 1. The molecular formula is C21H27Cl2N3O. The second-order valence-electron chi connectivity index (χ2n) is 7.50. The largest absolute Gasteiger partial charge is 0.402 e. The van der Waals surface area contributed by atoms with Crippen molar-refractivity contribution in [3.63, 3.8) is 0 Å². The molecule has 27 heavy (non-hydrogen) atoms. The highest BCUT2D eigenvalue weighted by atomic mass is 35.5. The summed E-state index contributed by atoms with van der Waals surface area (Å²) in [4.78, 5) is 17.4. The predicted octanol–water partition coefficient (Wildman–Crippen LogP) is 3.88. The van der Waals surface area contributed by atoms with Gasteiger partial charge in [0.05, 0.1) is 22.5 Å². The first-order valence-electron chi connectivity index (χ1n) is 9.49. The molecule has 0 aromatic heterocycles. The van der Waals surface area contributed by atoms with Crippen LogP contribution in [0.1, 0.15) is 24.8 Å². The third-order valence-corrected chi connectivity index (χ3v) is 6.25. The zero-order valence-electron chi connectivity index (χ0n) is 15.7. The fraction of sp³-hybridized carbons (Fsp3) is 0.476. The van der Waals surface area contributed by atoms with E-state index in [1.165, 1.54) is 12.8 Å². The van der Waals surface area contributed by atoms with E-state index in [0.717, 1.165) is 37.3 Å². The van der Waals surface area contributed by atoms with Gasteiger partial charge in [-0.15, -0.1) is 0 Å². The van der Waals surface area contributed by atoms with Crippen LogP contribution in [0.15, 0.2) is 42.1 Å². The van der Waals surface area contributed by atoms with Crippen LogP contribution in [-0.4, -0.2) is 48.4 Å². The van der Waals surface area contributed by atoms with E-state index < -0.39 is 0 Å². The Morgan fingerprint density at radius 1 is 1.30 bits per heavy atom. The molecule has 3 rings (SSSR count). The van der Waals surface area contributed by atoms with Crippen LogP contribution in [0.5, 0.6) is 0 Å². The van der Waals surface area contributed by atoms with Gasteiger partial charge in [0.2, 0.25) is 5.91 Å². The van der Waals surface area contributed by atoms with Gasteiger partial charge in [0, 0.05) is 25.2 Å². The lowest BCUT2D eigenvalue weighted by Gasteiger charge is -2.37. The summed E-state index contributed by atoms with van der Waals surface area (Å²) in [6.07, 6.45) is 9.70.